The molecule has 1 saturated heterocycles. The Morgan fingerprint density at radius 2 is 2.33 bits per heavy atom. The third-order valence-corrected chi connectivity index (χ3v) is 1.70. The first-order chi connectivity index (χ1) is 4.38. The average molecular weight is 131 g/mol. The fourth-order valence-corrected chi connectivity index (χ4v) is 1.04. The second-order valence-corrected chi connectivity index (χ2v) is 2.21. The molecule has 2 atom stereocenters. The van der Waals surface area contributed by atoms with E-state index in [2.05, 4.69) is 5.32 Å². The topological polar surface area (TPSA) is 30.5 Å². The van der Waals surface area contributed by atoms with Crippen LogP contribution in [0, 0.1) is 0 Å². The molecule has 2 unspecified atom stereocenters. The highest BCUT2D eigenvalue weighted by Crippen LogP contribution is 2.07. The van der Waals surface area contributed by atoms with E-state index in [9.17, 15) is 0 Å². The lowest BCUT2D eigenvalue weighted by molar-refractivity contribution is 0.0744. The molecule has 0 aliphatic carbocycles. The maximum absolute atomic E-state index is 5.16. The third-order valence-electron chi connectivity index (χ3n) is 1.70. The number of hydrogen-bond donors (Lipinski definition) is 1. The summed E-state index contributed by atoms with van der Waals surface area (Å²) < 4.78 is 10.3. The molecule has 0 radical (unpaired) electrons. The van der Waals surface area contributed by atoms with Crippen LogP contribution >= 0.6 is 0 Å². The van der Waals surface area contributed by atoms with Crippen molar-refractivity contribution in [1.29, 1.82) is 0 Å². The normalized spacial score (nSPS) is 35.3. The van der Waals surface area contributed by atoms with Crippen molar-refractivity contribution in [1.82, 2.24) is 5.32 Å². The van der Waals surface area contributed by atoms with Crippen molar-refractivity contribution in [3.8, 4) is 0 Å². The second-order valence-electron chi connectivity index (χ2n) is 2.21. The van der Waals surface area contributed by atoms with Crippen LogP contribution in [0.3, 0.4) is 0 Å². The molecule has 0 amide bonds. The van der Waals surface area contributed by atoms with Crippen molar-refractivity contribution >= 4 is 0 Å². The molecule has 54 valence electrons. The first-order valence-electron chi connectivity index (χ1n) is 3.16. The molecule has 1 N–H and O–H groups in total. The molecule has 1 aliphatic rings. The van der Waals surface area contributed by atoms with Gasteiger partial charge in [0.15, 0.2) is 0 Å². The first kappa shape index (κ1) is 6.99. The number of methoxy groups -OCH3 is 1. The molecule has 0 aromatic heterocycles. The zero-order chi connectivity index (χ0) is 6.69. The molecule has 0 aromatic carbocycles. The number of ether oxygens (including phenoxy) is 2. The number of nitrogens with one attached hydrogen (secondary N) is 1. The highest BCUT2D eigenvalue weighted by Gasteiger charge is 2.25. The van der Waals surface area contributed by atoms with Gasteiger partial charge in [0.25, 0.3) is 0 Å². The highest BCUT2D eigenvalue weighted by molar-refractivity contribution is 4.80. The highest BCUT2D eigenvalue weighted by atomic mass is 16.5. The van der Waals surface area contributed by atoms with E-state index in [4.69, 9.17) is 9.47 Å². The summed E-state index contributed by atoms with van der Waals surface area (Å²) >= 11 is 0. The van der Waals surface area contributed by atoms with Gasteiger partial charge in [0.05, 0.1) is 25.4 Å². The van der Waals surface area contributed by atoms with E-state index >= 15 is 0 Å². The lowest BCUT2D eigenvalue weighted by Crippen LogP contribution is -2.37. The van der Waals surface area contributed by atoms with Crippen LogP contribution in [0.2, 0.25) is 0 Å². The van der Waals surface area contributed by atoms with Crippen LogP contribution in [0.25, 0.3) is 0 Å². The van der Waals surface area contributed by atoms with Crippen LogP contribution in [0.15, 0.2) is 0 Å². The lowest BCUT2D eigenvalue weighted by atomic mass is 10.2. The standard InChI is InChI=1S/C6H13NO2/c1-7-5-3-9-4-6(5)8-2/h5-7H,3-4H2,1-2H3. The summed E-state index contributed by atoms with van der Waals surface area (Å²) in [6, 6.07) is 0.384. The van der Waals surface area contributed by atoms with Crippen molar-refractivity contribution in [3.63, 3.8) is 0 Å². The van der Waals surface area contributed by atoms with Crippen LogP contribution in [0.4, 0.5) is 0 Å². The molecule has 3 heteroatoms. The molecule has 3 nitrogen and oxygen atoms in total. The summed E-state index contributed by atoms with van der Waals surface area (Å²) in [5.41, 5.74) is 0. The zero-order valence-corrected chi connectivity index (χ0v) is 5.89. The fraction of sp³-hybridized carbons (Fsp3) is 1.00. The molecule has 9 heavy (non-hydrogen) atoms. The van der Waals surface area contributed by atoms with Gasteiger partial charge in [-0.2, -0.15) is 0 Å². The Hall–Kier alpha value is -0.120. The predicted octanol–water partition coefficient (Wildman–Crippen LogP) is -0.380. The quantitative estimate of drug-likeness (QED) is 0.554. The number of likely N-dealkylation sites (N-methyl/N-ethyl adjacent to an activating group) is 1. The van der Waals surface area contributed by atoms with Crippen LogP contribution in [0.1, 0.15) is 0 Å². The van der Waals surface area contributed by atoms with Gasteiger partial charge in [0, 0.05) is 7.11 Å². The Morgan fingerprint density at radius 1 is 1.56 bits per heavy atom. The summed E-state index contributed by atoms with van der Waals surface area (Å²) in [6.45, 7) is 1.50. The van der Waals surface area contributed by atoms with Crippen LogP contribution in [0.5, 0.6) is 0 Å². The minimum Gasteiger partial charge on any atom is -0.377 e. The van der Waals surface area contributed by atoms with Gasteiger partial charge < -0.3 is 14.8 Å². The van der Waals surface area contributed by atoms with E-state index in [-0.39, 0.29) is 6.10 Å². The molecule has 0 spiro atoms. The Bertz CT molecular complexity index is 77.1. The Morgan fingerprint density at radius 3 is 2.78 bits per heavy atom. The van der Waals surface area contributed by atoms with Crippen LogP contribution in [-0.4, -0.2) is 39.5 Å². The molecule has 1 heterocycles. The van der Waals surface area contributed by atoms with Gasteiger partial charge in [-0.3, -0.25) is 0 Å². The predicted molar refractivity (Wildman–Crippen MR) is 34.5 cm³/mol. The van der Waals surface area contributed by atoms with Gasteiger partial charge >= 0.3 is 0 Å². The summed E-state index contributed by atoms with van der Waals surface area (Å²) in [4.78, 5) is 0. The molecule has 1 aliphatic heterocycles. The van der Waals surface area contributed by atoms with E-state index < -0.39 is 0 Å². The van der Waals surface area contributed by atoms with Gasteiger partial charge in [-0.15, -0.1) is 0 Å². The monoisotopic (exact) mass is 131 g/mol. The van der Waals surface area contributed by atoms with E-state index in [0.29, 0.717) is 6.04 Å². The number of hydrogen-bond acceptors (Lipinski definition) is 3. The summed E-state index contributed by atoms with van der Waals surface area (Å²) in [5.74, 6) is 0. The van der Waals surface area contributed by atoms with Gasteiger partial charge in [-0.1, -0.05) is 0 Å². The Balaban J connectivity index is 2.32. The SMILES string of the molecule is CNC1COCC1OC. The van der Waals surface area contributed by atoms with Gasteiger partial charge in [-0.25, -0.2) is 0 Å². The van der Waals surface area contributed by atoms with Gasteiger partial charge in [0.2, 0.25) is 0 Å². The minimum atomic E-state index is 0.245. The third kappa shape index (κ3) is 1.41. The van der Waals surface area contributed by atoms with Crippen molar-refractivity contribution in [2.24, 2.45) is 0 Å². The van der Waals surface area contributed by atoms with E-state index in [1.807, 2.05) is 7.05 Å². The summed E-state index contributed by atoms with van der Waals surface area (Å²) in [6.07, 6.45) is 0.245. The lowest BCUT2D eigenvalue weighted by Gasteiger charge is -2.13. The first-order valence-corrected chi connectivity index (χ1v) is 3.16. The van der Waals surface area contributed by atoms with Crippen molar-refractivity contribution < 1.29 is 9.47 Å². The molecule has 1 fully saturated rings. The van der Waals surface area contributed by atoms with Gasteiger partial charge in [0.1, 0.15) is 0 Å². The van der Waals surface area contributed by atoms with Crippen LogP contribution < -0.4 is 5.32 Å². The maximum Gasteiger partial charge on any atom is 0.0979 e. The molecule has 1 rings (SSSR count). The molecular weight excluding hydrogens is 118 g/mol. The van der Waals surface area contributed by atoms with E-state index in [1.54, 1.807) is 7.11 Å². The molecule has 0 aromatic rings. The van der Waals surface area contributed by atoms with Gasteiger partial charge in [-0.05, 0) is 7.05 Å². The Labute approximate surface area is 55.3 Å². The molecular formula is C6H13NO2. The maximum atomic E-state index is 5.16. The zero-order valence-electron chi connectivity index (χ0n) is 5.89. The fourth-order valence-electron chi connectivity index (χ4n) is 1.04. The Kier molecular flexibility index (Phi) is 2.45. The molecule has 0 saturated carbocycles. The smallest absolute Gasteiger partial charge is 0.0979 e. The summed E-state index contributed by atoms with van der Waals surface area (Å²) in [5, 5.41) is 3.11. The number of rotatable bonds is 2. The second kappa shape index (κ2) is 3.15. The molecule has 0 bridgehead atoms. The minimum absolute atomic E-state index is 0.245. The largest absolute Gasteiger partial charge is 0.377 e. The summed E-state index contributed by atoms with van der Waals surface area (Å²) in [7, 11) is 3.63. The van der Waals surface area contributed by atoms with Crippen molar-refractivity contribution in [2.45, 2.75) is 12.1 Å². The van der Waals surface area contributed by atoms with E-state index in [1.165, 1.54) is 0 Å². The average Bonchev–Trinajstić information content (AvgIpc) is 2.33. The van der Waals surface area contributed by atoms with Crippen molar-refractivity contribution in [3.05, 3.63) is 0 Å². The van der Waals surface area contributed by atoms with E-state index in [0.717, 1.165) is 13.2 Å². The van der Waals surface area contributed by atoms with Crippen LogP contribution in [-0.2, 0) is 9.47 Å². The van der Waals surface area contributed by atoms with Crippen molar-refractivity contribution in [2.75, 3.05) is 27.4 Å².